The van der Waals surface area contributed by atoms with Crippen LogP contribution in [-0.4, -0.2) is 54.9 Å². The van der Waals surface area contributed by atoms with E-state index in [1.807, 2.05) is 43.8 Å². The highest BCUT2D eigenvalue weighted by Gasteiger charge is 2.39. The van der Waals surface area contributed by atoms with Crippen LogP contribution in [0.3, 0.4) is 0 Å². The maximum absolute atomic E-state index is 13.4. The Bertz CT molecular complexity index is 1030. The zero-order valence-corrected chi connectivity index (χ0v) is 24.2. The van der Waals surface area contributed by atoms with Gasteiger partial charge in [-0.05, 0) is 49.7 Å². The summed E-state index contributed by atoms with van der Waals surface area (Å²) in [4.78, 5) is 22.3. The van der Waals surface area contributed by atoms with Crippen LogP contribution in [0.1, 0.15) is 55.3 Å². The fourth-order valence-electron chi connectivity index (χ4n) is 4.23. The summed E-state index contributed by atoms with van der Waals surface area (Å²) in [6.07, 6.45) is 1.06. The first-order valence-electron chi connectivity index (χ1n) is 11.7. The molecule has 0 saturated heterocycles. The highest BCUT2D eigenvalue weighted by Crippen LogP contribution is 2.37. The molecular weight excluding hydrogens is 496 g/mol. The Balaban J connectivity index is 1.73. The Hall–Kier alpha value is -1.48. The molecule has 0 bridgehead atoms. The molecule has 1 aromatic carbocycles. The summed E-state index contributed by atoms with van der Waals surface area (Å²) in [5.74, 6) is 0.406. The standard InChI is InChI=1S/C25H39BrN4O2Si/c1-17(32-33(8,9)25(3,4)5)15-30-14-13-22-20(16-30)27-23(28(22)6)24(31)29(7)21-12-10-11-19(26)18(21)2/h10-12,17H,13-16H2,1-9H3. The molecule has 1 aliphatic rings. The lowest BCUT2D eigenvalue weighted by molar-refractivity contribution is 0.0979. The van der Waals surface area contributed by atoms with Gasteiger partial charge in [-0.1, -0.05) is 42.8 Å². The summed E-state index contributed by atoms with van der Waals surface area (Å²) < 4.78 is 9.54. The Labute approximate surface area is 208 Å². The molecule has 8 heteroatoms. The SMILES string of the molecule is Cc1c(Br)cccc1N(C)C(=O)c1nc2c(n1C)CCN(CC(C)O[Si](C)(C)C(C)(C)C)C2. The van der Waals surface area contributed by atoms with Crippen LogP contribution >= 0.6 is 15.9 Å². The van der Waals surface area contributed by atoms with Gasteiger partial charge in [-0.25, -0.2) is 4.98 Å². The van der Waals surface area contributed by atoms with E-state index in [2.05, 4.69) is 61.6 Å². The number of carbonyl (C=O) groups excluding carboxylic acids is 1. The summed E-state index contributed by atoms with van der Waals surface area (Å²) in [7, 11) is 1.98. The van der Waals surface area contributed by atoms with E-state index in [4.69, 9.17) is 9.41 Å². The highest BCUT2D eigenvalue weighted by molar-refractivity contribution is 9.10. The van der Waals surface area contributed by atoms with E-state index in [0.717, 1.165) is 53.2 Å². The lowest BCUT2D eigenvalue weighted by atomic mass is 10.1. The van der Waals surface area contributed by atoms with Crippen LogP contribution in [0.2, 0.25) is 18.1 Å². The summed E-state index contributed by atoms with van der Waals surface area (Å²) in [6, 6.07) is 5.90. The molecule has 182 valence electrons. The molecule has 0 spiro atoms. The van der Waals surface area contributed by atoms with Crippen molar-refractivity contribution in [1.82, 2.24) is 14.5 Å². The number of aromatic nitrogens is 2. The molecular formula is C25H39BrN4O2Si. The van der Waals surface area contributed by atoms with E-state index in [0.29, 0.717) is 5.82 Å². The van der Waals surface area contributed by atoms with Gasteiger partial charge < -0.3 is 13.9 Å². The van der Waals surface area contributed by atoms with Gasteiger partial charge in [-0.2, -0.15) is 0 Å². The fourth-order valence-corrected chi connectivity index (χ4v) is 6.02. The number of hydrogen-bond acceptors (Lipinski definition) is 4. The number of anilines is 1. The average molecular weight is 536 g/mol. The Morgan fingerprint density at radius 1 is 1.33 bits per heavy atom. The Kier molecular flexibility index (Phi) is 7.63. The molecule has 2 heterocycles. The molecule has 1 unspecified atom stereocenters. The second kappa shape index (κ2) is 9.64. The lowest BCUT2D eigenvalue weighted by Crippen LogP contribution is -2.46. The third-order valence-corrected chi connectivity index (χ3v) is 12.7. The van der Waals surface area contributed by atoms with Gasteiger partial charge in [0.05, 0.1) is 11.8 Å². The van der Waals surface area contributed by atoms with Crippen molar-refractivity contribution in [3.63, 3.8) is 0 Å². The minimum Gasteiger partial charge on any atom is -0.413 e. The maximum Gasteiger partial charge on any atom is 0.294 e. The van der Waals surface area contributed by atoms with Gasteiger partial charge in [0.25, 0.3) is 5.91 Å². The fraction of sp³-hybridized carbons (Fsp3) is 0.600. The molecule has 1 aromatic heterocycles. The van der Waals surface area contributed by atoms with Crippen molar-refractivity contribution in [3.8, 4) is 0 Å². The smallest absolute Gasteiger partial charge is 0.294 e. The highest BCUT2D eigenvalue weighted by atomic mass is 79.9. The van der Waals surface area contributed by atoms with E-state index in [-0.39, 0.29) is 17.0 Å². The van der Waals surface area contributed by atoms with E-state index < -0.39 is 8.32 Å². The van der Waals surface area contributed by atoms with Crippen LogP contribution in [0.5, 0.6) is 0 Å². The number of fused-ring (bicyclic) bond motifs is 1. The van der Waals surface area contributed by atoms with Gasteiger partial charge in [-0.15, -0.1) is 0 Å². The van der Waals surface area contributed by atoms with Gasteiger partial charge in [0.15, 0.2) is 14.1 Å². The Morgan fingerprint density at radius 2 is 2.00 bits per heavy atom. The van der Waals surface area contributed by atoms with E-state index in [1.54, 1.807) is 4.90 Å². The number of amides is 1. The van der Waals surface area contributed by atoms with Crippen molar-refractivity contribution in [2.45, 2.75) is 71.8 Å². The van der Waals surface area contributed by atoms with E-state index >= 15 is 0 Å². The normalized spacial score (nSPS) is 15.9. The van der Waals surface area contributed by atoms with Gasteiger partial charge in [0.2, 0.25) is 0 Å². The quantitative estimate of drug-likeness (QED) is 0.456. The largest absolute Gasteiger partial charge is 0.413 e. The van der Waals surface area contributed by atoms with Crippen LogP contribution in [0.15, 0.2) is 22.7 Å². The Morgan fingerprint density at radius 3 is 2.64 bits per heavy atom. The first-order valence-corrected chi connectivity index (χ1v) is 15.4. The van der Waals surface area contributed by atoms with Crippen LogP contribution in [0.25, 0.3) is 0 Å². The number of halogens is 1. The molecule has 6 nitrogen and oxygen atoms in total. The average Bonchev–Trinajstić information content (AvgIpc) is 3.03. The van der Waals surface area contributed by atoms with Crippen molar-refractivity contribution >= 4 is 35.8 Å². The van der Waals surface area contributed by atoms with Crippen LogP contribution in [-0.2, 0) is 24.4 Å². The van der Waals surface area contributed by atoms with Crippen molar-refractivity contribution < 1.29 is 9.22 Å². The number of imidazole rings is 1. The molecule has 0 N–H and O–H groups in total. The van der Waals surface area contributed by atoms with Crippen LogP contribution in [0.4, 0.5) is 5.69 Å². The number of rotatable bonds is 6. The maximum atomic E-state index is 13.4. The predicted molar refractivity (Wildman–Crippen MR) is 142 cm³/mol. The van der Waals surface area contributed by atoms with Crippen molar-refractivity contribution in [3.05, 3.63) is 45.4 Å². The first kappa shape index (κ1) is 26.1. The summed E-state index contributed by atoms with van der Waals surface area (Å²) >= 11 is 3.56. The van der Waals surface area contributed by atoms with Crippen molar-refractivity contribution in [1.29, 1.82) is 0 Å². The van der Waals surface area contributed by atoms with Gasteiger partial charge >= 0.3 is 0 Å². The molecule has 0 fully saturated rings. The first-order chi connectivity index (χ1) is 15.2. The van der Waals surface area contributed by atoms with Crippen LogP contribution in [0, 0.1) is 6.92 Å². The summed E-state index contributed by atoms with van der Waals surface area (Å²) in [5.41, 5.74) is 4.08. The predicted octanol–water partition coefficient (Wildman–Crippen LogP) is 5.54. The third-order valence-electron chi connectivity index (χ3n) is 7.25. The monoisotopic (exact) mass is 534 g/mol. The molecule has 1 aliphatic heterocycles. The van der Waals surface area contributed by atoms with E-state index in [9.17, 15) is 4.79 Å². The number of nitrogens with zero attached hydrogens (tertiary/aromatic N) is 4. The zero-order chi connectivity index (χ0) is 24.7. The number of benzene rings is 1. The van der Waals surface area contributed by atoms with Gasteiger partial charge in [0, 0.05) is 56.0 Å². The molecule has 33 heavy (non-hydrogen) atoms. The van der Waals surface area contributed by atoms with Crippen LogP contribution < -0.4 is 4.90 Å². The molecule has 1 amide bonds. The van der Waals surface area contributed by atoms with Gasteiger partial charge in [0.1, 0.15) is 0 Å². The second-order valence-corrected chi connectivity index (χ2v) is 16.4. The molecule has 3 rings (SSSR count). The molecule has 0 saturated carbocycles. The number of carbonyl (C=O) groups is 1. The topological polar surface area (TPSA) is 50.6 Å². The second-order valence-electron chi connectivity index (χ2n) is 10.8. The van der Waals surface area contributed by atoms with Gasteiger partial charge in [-0.3, -0.25) is 9.69 Å². The number of hydrogen-bond donors (Lipinski definition) is 0. The molecule has 1 atom stereocenters. The molecule has 0 radical (unpaired) electrons. The molecule has 0 aliphatic carbocycles. The zero-order valence-electron chi connectivity index (χ0n) is 21.6. The minimum absolute atomic E-state index is 0.0886. The minimum atomic E-state index is -1.80. The van der Waals surface area contributed by atoms with E-state index in [1.165, 1.54) is 0 Å². The molecule has 2 aromatic rings. The van der Waals surface area contributed by atoms with Crippen molar-refractivity contribution in [2.75, 3.05) is 25.0 Å². The van der Waals surface area contributed by atoms with Crippen molar-refractivity contribution in [2.24, 2.45) is 7.05 Å². The summed E-state index contributed by atoms with van der Waals surface area (Å²) in [5, 5.41) is 0.200. The summed E-state index contributed by atoms with van der Waals surface area (Å²) in [6.45, 7) is 18.2. The lowest BCUT2D eigenvalue weighted by Gasteiger charge is -2.40. The third kappa shape index (κ3) is 5.44.